The van der Waals surface area contributed by atoms with Crippen LogP contribution in [0.1, 0.15) is 57.7 Å². The fraction of sp³-hybridized carbons (Fsp3) is 0.800. The summed E-state index contributed by atoms with van der Waals surface area (Å²) in [6, 6.07) is 1.43. The zero-order chi connectivity index (χ0) is 12.5. The molecule has 100 valence electrons. The average molecular weight is 247 g/mol. The van der Waals surface area contributed by atoms with Crippen LogP contribution in [-0.2, 0) is 6.54 Å². The third kappa shape index (κ3) is 2.46. The Morgan fingerprint density at radius 3 is 2.89 bits per heavy atom. The Bertz CT molecular complexity index is 394. The lowest BCUT2D eigenvalue weighted by Gasteiger charge is -2.35. The molecule has 1 aromatic heterocycles. The highest BCUT2D eigenvalue weighted by Crippen LogP contribution is 2.38. The summed E-state index contributed by atoms with van der Waals surface area (Å²) in [5, 5.41) is 3.60. The van der Waals surface area contributed by atoms with E-state index in [0.717, 1.165) is 24.4 Å². The zero-order valence-corrected chi connectivity index (χ0v) is 11.6. The number of nitrogens with one attached hydrogen (secondary N) is 1. The van der Waals surface area contributed by atoms with Crippen molar-refractivity contribution in [2.45, 2.75) is 64.6 Å². The highest BCUT2D eigenvalue weighted by molar-refractivity contribution is 5.03. The molecular weight excluding hydrogens is 222 g/mol. The standard InChI is InChI=1S/C15H25N3/c1-11-4-3-5-15(12(11)2)18-10-16-8-14(18)9-17-13-6-7-13/h8,10-13,15,17H,3-7,9H2,1-2H3. The zero-order valence-electron chi connectivity index (χ0n) is 11.6. The Morgan fingerprint density at radius 2 is 2.11 bits per heavy atom. The molecule has 0 saturated heterocycles. The lowest BCUT2D eigenvalue weighted by atomic mass is 9.78. The molecule has 2 saturated carbocycles. The van der Waals surface area contributed by atoms with E-state index < -0.39 is 0 Å². The summed E-state index contributed by atoms with van der Waals surface area (Å²) in [4.78, 5) is 4.38. The van der Waals surface area contributed by atoms with Crippen molar-refractivity contribution in [2.24, 2.45) is 11.8 Å². The maximum atomic E-state index is 4.38. The number of hydrogen-bond acceptors (Lipinski definition) is 2. The maximum absolute atomic E-state index is 4.38. The van der Waals surface area contributed by atoms with E-state index in [0.29, 0.717) is 6.04 Å². The Balaban J connectivity index is 1.71. The first-order valence-corrected chi connectivity index (χ1v) is 7.50. The first-order valence-electron chi connectivity index (χ1n) is 7.50. The normalized spacial score (nSPS) is 32.7. The highest BCUT2D eigenvalue weighted by Gasteiger charge is 2.29. The molecule has 0 radical (unpaired) electrons. The van der Waals surface area contributed by atoms with E-state index in [1.54, 1.807) is 0 Å². The molecule has 3 unspecified atom stereocenters. The van der Waals surface area contributed by atoms with Crippen LogP contribution in [0.2, 0.25) is 0 Å². The van der Waals surface area contributed by atoms with E-state index in [4.69, 9.17) is 0 Å². The largest absolute Gasteiger partial charge is 0.330 e. The molecule has 2 fully saturated rings. The van der Waals surface area contributed by atoms with Crippen molar-refractivity contribution in [1.29, 1.82) is 0 Å². The van der Waals surface area contributed by atoms with Gasteiger partial charge in [0.05, 0.1) is 12.0 Å². The average Bonchev–Trinajstić information content (AvgIpc) is 3.08. The molecule has 1 heterocycles. The van der Waals surface area contributed by atoms with E-state index in [9.17, 15) is 0 Å². The van der Waals surface area contributed by atoms with Gasteiger partial charge in [0.1, 0.15) is 0 Å². The molecule has 0 spiro atoms. The van der Waals surface area contributed by atoms with Crippen LogP contribution in [0.4, 0.5) is 0 Å². The monoisotopic (exact) mass is 247 g/mol. The summed E-state index contributed by atoms with van der Waals surface area (Å²) in [5.41, 5.74) is 1.37. The Labute approximate surface area is 110 Å². The van der Waals surface area contributed by atoms with E-state index in [-0.39, 0.29) is 0 Å². The minimum Gasteiger partial charge on any atom is -0.330 e. The summed E-state index contributed by atoms with van der Waals surface area (Å²) in [5.74, 6) is 1.61. The first kappa shape index (κ1) is 12.2. The summed E-state index contributed by atoms with van der Waals surface area (Å²) in [6.45, 7) is 5.80. The molecule has 1 aromatic rings. The van der Waals surface area contributed by atoms with Crippen LogP contribution in [0.5, 0.6) is 0 Å². The lowest BCUT2D eigenvalue weighted by molar-refractivity contribution is 0.183. The minimum absolute atomic E-state index is 0.659. The smallest absolute Gasteiger partial charge is 0.0951 e. The predicted molar refractivity (Wildman–Crippen MR) is 73.3 cm³/mol. The first-order chi connectivity index (χ1) is 8.75. The van der Waals surface area contributed by atoms with Gasteiger partial charge in [0.15, 0.2) is 0 Å². The number of rotatable bonds is 4. The van der Waals surface area contributed by atoms with Gasteiger partial charge >= 0.3 is 0 Å². The molecule has 1 N–H and O–H groups in total. The van der Waals surface area contributed by atoms with Gasteiger partial charge in [0.25, 0.3) is 0 Å². The minimum atomic E-state index is 0.659. The number of imidazole rings is 1. The van der Waals surface area contributed by atoms with E-state index in [1.165, 1.54) is 37.8 Å². The van der Waals surface area contributed by atoms with E-state index in [1.807, 2.05) is 12.5 Å². The predicted octanol–water partition coefficient (Wildman–Crippen LogP) is 3.13. The summed E-state index contributed by atoms with van der Waals surface area (Å²) in [6.07, 6.45) is 10.9. The Kier molecular flexibility index (Phi) is 3.42. The maximum Gasteiger partial charge on any atom is 0.0951 e. The molecule has 18 heavy (non-hydrogen) atoms. The van der Waals surface area contributed by atoms with Crippen LogP contribution in [0.25, 0.3) is 0 Å². The Hall–Kier alpha value is -0.830. The quantitative estimate of drug-likeness (QED) is 0.886. The topological polar surface area (TPSA) is 29.9 Å². The highest BCUT2D eigenvalue weighted by atomic mass is 15.1. The van der Waals surface area contributed by atoms with E-state index in [2.05, 4.69) is 28.7 Å². The van der Waals surface area contributed by atoms with Crippen molar-refractivity contribution in [3.8, 4) is 0 Å². The molecule has 0 amide bonds. The van der Waals surface area contributed by atoms with Gasteiger partial charge in [-0.2, -0.15) is 0 Å². The van der Waals surface area contributed by atoms with Crippen molar-refractivity contribution in [1.82, 2.24) is 14.9 Å². The van der Waals surface area contributed by atoms with Gasteiger partial charge in [-0.15, -0.1) is 0 Å². The van der Waals surface area contributed by atoms with Crippen molar-refractivity contribution in [3.05, 3.63) is 18.2 Å². The van der Waals surface area contributed by atoms with Gasteiger partial charge < -0.3 is 9.88 Å². The molecule has 0 aliphatic heterocycles. The Morgan fingerprint density at radius 1 is 1.28 bits per heavy atom. The summed E-state index contributed by atoms with van der Waals surface area (Å²) in [7, 11) is 0. The number of nitrogens with zero attached hydrogens (tertiary/aromatic N) is 2. The third-order valence-electron chi connectivity index (χ3n) is 4.92. The molecule has 3 nitrogen and oxygen atoms in total. The second kappa shape index (κ2) is 5.04. The number of aromatic nitrogens is 2. The van der Waals surface area contributed by atoms with Gasteiger partial charge in [0.2, 0.25) is 0 Å². The van der Waals surface area contributed by atoms with E-state index >= 15 is 0 Å². The number of hydrogen-bond donors (Lipinski definition) is 1. The van der Waals surface area contributed by atoms with Gasteiger partial charge in [-0.3, -0.25) is 0 Å². The molecule has 3 atom stereocenters. The molecular formula is C15H25N3. The summed E-state index contributed by atoms with van der Waals surface area (Å²) >= 11 is 0. The second-order valence-corrected chi connectivity index (χ2v) is 6.28. The third-order valence-corrected chi connectivity index (χ3v) is 4.92. The molecule has 0 aromatic carbocycles. The van der Waals surface area contributed by atoms with Crippen LogP contribution in [0.15, 0.2) is 12.5 Å². The molecule has 0 bridgehead atoms. The van der Waals surface area contributed by atoms with Crippen LogP contribution >= 0.6 is 0 Å². The lowest BCUT2D eigenvalue weighted by Crippen LogP contribution is -2.29. The van der Waals surface area contributed by atoms with Crippen LogP contribution < -0.4 is 5.32 Å². The molecule has 2 aliphatic rings. The van der Waals surface area contributed by atoms with Crippen molar-refractivity contribution in [2.75, 3.05) is 0 Å². The van der Waals surface area contributed by atoms with Crippen LogP contribution in [0, 0.1) is 11.8 Å². The van der Waals surface area contributed by atoms with Crippen molar-refractivity contribution < 1.29 is 0 Å². The van der Waals surface area contributed by atoms with Gasteiger partial charge in [-0.25, -0.2) is 4.98 Å². The van der Waals surface area contributed by atoms with Gasteiger partial charge in [0, 0.05) is 24.8 Å². The van der Waals surface area contributed by atoms with Crippen LogP contribution in [-0.4, -0.2) is 15.6 Å². The molecule has 3 heteroatoms. The van der Waals surface area contributed by atoms with Crippen LogP contribution in [0.3, 0.4) is 0 Å². The molecule has 3 rings (SSSR count). The van der Waals surface area contributed by atoms with Crippen molar-refractivity contribution in [3.63, 3.8) is 0 Å². The van der Waals surface area contributed by atoms with Crippen molar-refractivity contribution >= 4 is 0 Å². The molecule has 2 aliphatic carbocycles. The fourth-order valence-corrected chi connectivity index (χ4v) is 3.25. The summed E-state index contributed by atoms with van der Waals surface area (Å²) < 4.78 is 2.44. The van der Waals surface area contributed by atoms with Gasteiger partial charge in [-0.05, 0) is 31.1 Å². The second-order valence-electron chi connectivity index (χ2n) is 6.28. The van der Waals surface area contributed by atoms with Gasteiger partial charge in [-0.1, -0.05) is 26.7 Å². The SMILES string of the molecule is CC1CCCC(n2cncc2CNC2CC2)C1C. The fourth-order valence-electron chi connectivity index (χ4n) is 3.25.